The highest BCUT2D eigenvalue weighted by Crippen LogP contribution is 2.40. The predicted octanol–water partition coefficient (Wildman–Crippen LogP) is 3.97. The van der Waals surface area contributed by atoms with Gasteiger partial charge in [0.25, 0.3) is 11.5 Å². The monoisotopic (exact) mass is 524 g/mol. The lowest BCUT2D eigenvalue weighted by atomic mass is 9.90. The Hall–Kier alpha value is -4.24. The van der Waals surface area contributed by atoms with E-state index in [9.17, 15) is 14.7 Å². The molecule has 39 heavy (non-hydrogen) atoms. The molecule has 0 spiro atoms. The third-order valence-electron chi connectivity index (χ3n) is 7.76. The SMILES string of the molecule is Cc1nccc(Nc2cc(-c3cccc(N4CCn5c(cc6c5CC(C)(C)C6)C4=O)c3CO)cn(C)c2=O)n1. The van der Waals surface area contributed by atoms with E-state index in [4.69, 9.17) is 0 Å². The van der Waals surface area contributed by atoms with E-state index >= 15 is 0 Å². The van der Waals surface area contributed by atoms with E-state index < -0.39 is 0 Å². The normalized spacial score (nSPS) is 15.8. The minimum absolute atomic E-state index is 0.0535. The Labute approximate surface area is 226 Å². The molecule has 2 aliphatic rings. The molecule has 200 valence electrons. The molecule has 9 heteroatoms. The van der Waals surface area contributed by atoms with Crippen LogP contribution in [0.5, 0.6) is 0 Å². The number of nitrogens with one attached hydrogen (secondary N) is 1. The quantitative estimate of drug-likeness (QED) is 0.409. The molecule has 0 atom stereocenters. The van der Waals surface area contributed by atoms with Crippen molar-refractivity contribution in [3.8, 4) is 11.1 Å². The van der Waals surface area contributed by atoms with Crippen molar-refractivity contribution in [2.24, 2.45) is 12.5 Å². The van der Waals surface area contributed by atoms with Crippen LogP contribution in [0.4, 0.5) is 17.2 Å². The van der Waals surface area contributed by atoms with Gasteiger partial charge >= 0.3 is 0 Å². The summed E-state index contributed by atoms with van der Waals surface area (Å²) in [5.41, 5.74) is 6.45. The van der Waals surface area contributed by atoms with E-state index in [1.165, 1.54) is 15.8 Å². The summed E-state index contributed by atoms with van der Waals surface area (Å²) in [6.45, 7) is 7.31. The van der Waals surface area contributed by atoms with Crippen molar-refractivity contribution in [2.45, 2.75) is 46.8 Å². The molecule has 0 unspecified atom stereocenters. The number of carbonyl (C=O) groups excluding carboxylic acids is 1. The van der Waals surface area contributed by atoms with Crippen LogP contribution in [0.2, 0.25) is 0 Å². The van der Waals surface area contributed by atoms with E-state index in [0.717, 1.165) is 24.0 Å². The first-order valence-electron chi connectivity index (χ1n) is 13.2. The molecule has 1 amide bonds. The predicted molar refractivity (Wildman–Crippen MR) is 150 cm³/mol. The lowest BCUT2D eigenvalue weighted by Crippen LogP contribution is -2.41. The summed E-state index contributed by atoms with van der Waals surface area (Å²) in [6, 6.07) is 11.2. The second kappa shape index (κ2) is 9.20. The molecule has 1 aliphatic carbocycles. The van der Waals surface area contributed by atoms with Gasteiger partial charge in [-0.25, -0.2) is 9.97 Å². The number of anilines is 3. The Morgan fingerprint density at radius 3 is 2.69 bits per heavy atom. The minimum Gasteiger partial charge on any atom is -0.392 e. The highest BCUT2D eigenvalue weighted by molar-refractivity contribution is 6.07. The lowest BCUT2D eigenvalue weighted by molar-refractivity contribution is 0.0963. The summed E-state index contributed by atoms with van der Waals surface area (Å²) in [4.78, 5) is 36.9. The maximum atomic E-state index is 13.7. The van der Waals surface area contributed by atoms with Gasteiger partial charge in [-0.3, -0.25) is 9.59 Å². The van der Waals surface area contributed by atoms with Gasteiger partial charge in [0.2, 0.25) is 0 Å². The van der Waals surface area contributed by atoms with E-state index in [0.29, 0.717) is 47.4 Å². The topological polar surface area (TPSA) is 105 Å². The van der Waals surface area contributed by atoms with Crippen molar-refractivity contribution in [1.29, 1.82) is 0 Å². The van der Waals surface area contributed by atoms with Crippen molar-refractivity contribution in [1.82, 2.24) is 19.1 Å². The third-order valence-corrected chi connectivity index (χ3v) is 7.76. The fraction of sp³-hybridized carbons (Fsp3) is 0.333. The molecule has 0 saturated heterocycles. The second-order valence-electron chi connectivity index (χ2n) is 11.3. The Morgan fingerprint density at radius 1 is 1.10 bits per heavy atom. The zero-order chi connectivity index (χ0) is 27.5. The average Bonchev–Trinajstić information content (AvgIpc) is 3.38. The van der Waals surface area contributed by atoms with Crippen LogP contribution in [0.3, 0.4) is 0 Å². The van der Waals surface area contributed by atoms with E-state index in [-0.39, 0.29) is 23.5 Å². The van der Waals surface area contributed by atoms with E-state index in [1.807, 2.05) is 18.2 Å². The van der Waals surface area contributed by atoms with Crippen LogP contribution in [0.25, 0.3) is 11.1 Å². The summed E-state index contributed by atoms with van der Waals surface area (Å²) >= 11 is 0. The van der Waals surface area contributed by atoms with Gasteiger partial charge in [-0.2, -0.15) is 0 Å². The number of pyridine rings is 1. The maximum absolute atomic E-state index is 13.7. The fourth-order valence-electron chi connectivity index (χ4n) is 6.02. The Morgan fingerprint density at radius 2 is 1.92 bits per heavy atom. The molecule has 0 saturated carbocycles. The van der Waals surface area contributed by atoms with E-state index in [1.54, 1.807) is 43.4 Å². The van der Waals surface area contributed by atoms with Crippen molar-refractivity contribution in [3.05, 3.63) is 87.5 Å². The zero-order valence-electron chi connectivity index (χ0n) is 22.7. The fourth-order valence-corrected chi connectivity index (χ4v) is 6.02. The Balaban J connectivity index is 1.38. The van der Waals surface area contributed by atoms with Gasteiger partial charge in [0.15, 0.2) is 0 Å². The van der Waals surface area contributed by atoms with Gasteiger partial charge in [0.1, 0.15) is 23.0 Å². The number of nitrogens with zero attached hydrogens (tertiary/aromatic N) is 5. The number of carbonyl (C=O) groups is 1. The highest BCUT2D eigenvalue weighted by Gasteiger charge is 2.37. The smallest absolute Gasteiger partial charge is 0.274 e. The highest BCUT2D eigenvalue weighted by atomic mass is 16.3. The van der Waals surface area contributed by atoms with Crippen LogP contribution < -0.4 is 15.8 Å². The summed E-state index contributed by atoms with van der Waals surface area (Å²) in [5, 5.41) is 13.6. The molecule has 0 radical (unpaired) electrons. The van der Waals surface area contributed by atoms with Crippen molar-refractivity contribution < 1.29 is 9.90 Å². The van der Waals surface area contributed by atoms with Crippen molar-refractivity contribution >= 4 is 23.1 Å². The molecule has 6 rings (SSSR count). The molecule has 3 aromatic heterocycles. The van der Waals surface area contributed by atoms with Gasteiger partial charge in [0.05, 0.1) is 12.3 Å². The van der Waals surface area contributed by atoms with Gasteiger partial charge in [0, 0.05) is 49.4 Å². The largest absolute Gasteiger partial charge is 0.392 e. The van der Waals surface area contributed by atoms with Crippen LogP contribution in [-0.4, -0.2) is 36.7 Å². The van der Waals surface area contributed by atoms with Crippen molar-refractivity contribution in [3.63, 3.8) is 0 Å². The number of amides is 1. The molecule has 4 aromatic rings. The standard InChI is InChI=1S/C30H32N6O3/c1-18-31-9-8-27(32-18)33-23-12-20(16-34(4)28(23)38)21-6-5-7-24(22(21)17-37)36-11-10-35-25(29(36)39)13-19-14-30(2,3)15-26(19)35/h5-9,12-13,16,37H,10-11,14-15,17H2,1-4H3,(H,31,32,33). The number of aliphatic hydroxyl groups is 1. The molecule has 1 aromatic carbocycles. The molecular formula is C30H32N6O3. The van der Waals surface area contributed by atoms with Crippen molar-refractivity contribution in [2.75, 3.05) is 16.8 Å². The molecule has 1 aliphatic heterocycles. The first-order valence-corrected chi connectivity index (χ1v) is 13.2. The summed E-state index contributed by atoms with van der Waals surface area (Å²) < 4.78 is 3.69. The molecule has 4 heterocycles. The lowest BCUT2D eigenvalue weighted by Gasteiger charge is -2.32. The summed E-state index contributed by atoms with van der Waals surface area (Å²) in [7, 11) is 1.69. The van der Waals surface area contributed by atoms with E-state index in [2.05, 4.69) is 39.8 Å². The van der Waals surface area contributed by atoms with Crippen LogP contribution in [0, 0.1) is 12.3 Å². The molecule has 9 nitrogen and oxygen atoms in total. The van der Waals surface area contributed by atoms with Crippen LogP contribution >= 0.6 is 0 Å². The first kappa shape index (κ1) is 25.1. The number of rotatable bonds is 5. The number of aryl methyl sites for hydroxylation is 2. The number of aliphatic hydroxyl groups excluding tert-OH is 1. The van der Waals surface area contributed by atoms with Gasteiger partial charge < -0.3 is 24.5 Å². The molecular weight excluding hydrogens is 492 g/mol. The zero-order valence-corrected chi connectivity index (χ0v) is 22.7. The summed E-state index contributed by atoms with van der Waals surface area (Å²) in [5.74, 6) is 1.06. The van der Waals surface area contributed by atoms with Gasteiger partial charge in [-0.1, -0.05) is 26.0 Å². The third kappa shape index (κ3) is 4.32. The average molecular weight is 525 g/mol. The first-order chi connectivity index (χ1) is 18.6. The molecule has 0 bridgehead atoms. The van der Waals surface area contributed by atoms with Crippen LogP contribution in [-0.2, 0) is 33.0 Å². The van der Waals surface area contributed by atoms with Gasteiger partial charge in [-0.15, -0.1) is 0 Å². The number of hydrogen-bond acceptors (Lipinski definition) is 6. The second-order valence-corrected chi connectivity index (χ2v) is 11.3. The minimum atomic E-state index is -0.252. The molecule has 2 N–H and O–H groups in total. The van der Waals surface area contributed by atoms with Crippen LogP contribution in [0.15, 0.2) is 53.6 Å². The van der Waals surface area contributed by atoms with Crippen LogP contribution in [0.1, 0.15) is 47.0 Å². The number of fused-ring (bicyclic) bond motifs is 3. The maximum Gasteiger partial charge on any atom is 0.274 e. The van der Waals surface area contributed by atoms with Gasteiger partial charge in [-0.05, 0) is 60.6 Å². The number of hydrogen-bond donors (Lipinski definition) is 2. The number of benzene rings is 1. The Bertz CT molecular complexity index is 1680. The Kier molecular flexibility index (Phi) is 5.91. The summed E-state index contributed by atoms with van der Waals surface area (Å²) in [6.07, 6.45) is 5.33. The molecule has 0 fully saturated rings. The number of aromatic nitrogens is 4.